The number of fused-ring (bicyclic) bond motifs is 1. The molecule has 2 aromatic carbocycles. The Balaban J connectivity index is 1.73. The van der Waals surface area contributed by atoms with Crippen LogP contribution in [-0.2, 0) is 11.8 Å². The molecule has 0 spiro atoms. The maximum absolute atomic E-state index is 12.8. The van der Waals surface area contributed by atoms with Gasteiger partial charge in [-0.25, -0.2) is 0 Å². The van der Waals surface area contributed by atoms with E-state index in [1.54, 1.807) is 4.90 Å². The fourth-order valence-corrected chi connectivity index (χ4v) is 4.05. The Labute approximate surface area is 149 Å². The summed E-state index contributed by atoms with van der Waals surface area (Å²) in [5, 5.41) is 2.24. The molecule has 0 unspecified atom stereocenters. The minimum absolute atomic E-state index is 0.0681. The van der Waals surface area contributed by atoms with Gasteiger partial charge in [0.1, 0.15) is 0 Å². The molecule has 0 bridgehead atoms. The van der Waals surface area contributed by atoms with Crippen molar-refractivity contribution in [2.75, 3.05) is 4.90 Å². The number of hydrogen-bond donors (Lipinski definition) is 0. The number of thiocarbonyl (C=S) groups is 1. The van der Waals surface area contributed by atoms with E-state index < -0.39 is 0 Å². The SMILES string of the molecule is Cn1cccc1C=C1SC(=S)N(c2ccc3ccccc3c2)C1=O. The van der Waals surface area contributed by atoms with Gasteiger partial charge in [-0.3, -0.25) is 9.69 Å². The third-order valence-corrected chi connectivity index (χ3v) is 5.35. The van der Waals surface area contributed by atoms with Gasteiger partial charge in [0.2, 0.25) is 0 Å². The Morgan fingerprint density at radius 2 is 1.83 bits per heavy atom. The number of nitrogens with zero attached hydrogens (tertiary/aromatic N) is 2. The molecule has 24 heavy (non-hydrogen) atoms. The van der Waals surface area contributed by atoms with Gasteiger partial charge < -0.3 is 4.57 Å². The number of thioether (sulfide) groups is 1. The Morgan fingerprint density at radius 1 is 1.04 bits per heavy atom. The predicted molar refractivity (Wildman–Crippen MR) is 105 cm³/mol. The molecule has 118 valence electrons. The molecular formula is C19H14N2OS2. The van der Waals surface area contributed by atoms with Gasteiger partial charge in [-0.1, -0.05) is 54.3 Å². The van der Waals surface area contributed by atoms with Crippen LogP contribution >= 0.6 is 24.0 Å². The summed E-state index contributed by atoms with van der Waals surface area (Å²) in [6.45, 7) is 0. The van der Waals surface area contributed by atoms with E-state index in [4.69, 9.17) is 12.2 Å². The summed E-state index contributed by atoms with van der Waals surface area (Å²) in [5.41, 5.74) is 1.79. The van der Waals surface area contributed by atoms with E-state index in [-0.39, 0.29) is 5.91 Å². The Kier molecular flexibility index (Phi) is 3.75. The first kappa shape index (κ1) is 15.2. The lowest BCUT2D eigenvalue weighted by molar-refractivity contribution is -0.113. The zero-order valence-electron chi connectivity index (χ0n) is 13.0. The summed E-state index contributed by atoms with van der Waals surface area (Å²) in [4.78, 5) is 15.1. The molecule has 4 rings (SSSR count). The van der Waals surface area contributed by atoms with Crippen LogP contribution in [-0.4, -0.2) is 14.8 Å². The number of aromatic nitrogens is 1. The van der Waals surface area contributed by atoms with Crippen molar-refractivity contribution in [2.45, 2.75) is 0 Å². The molecule has 1 fully saturated rings. The van der Waals surface area contributed by atoms with Crippen LogP contribution in [0.2, 0.25) is 0 Å². The van der Waals surface area contributed by atoms with E-state index in [0.717, 1.165) is 22.2 Å². The second-order valence-electron chi connectivity index (χ2n) is 5.59. The van der Waals surface area contributed by atoms with E-state index in [9.17, 15) is 4.79 Å². The number of anilines is 1. The molecule has 2 heterocycles. The monoisotopic (exact) mass is 350 g/mol. The standard InChI is InChI=1S/C19H14N2OS2/c1-20-10-4-7-15(20)12-17-18(22)21(19(23)24-17)16-9-8-13-5-2-3-6-14(13)11-16/h2-12H,1H3. The van der Waals surface area contributed by atoms with E-state index >= 15 is 0 Å². The average Bonchev–Trinajstić information content (AvgIpc) is 3.11. The lowest BCUT2D eigenvalue weighted by Gasteiger charge is -2.15. The molecular weight excluding hydrogens is 336 g/mol. The van der Waals surface area contributed by atoms with E-state index in [2.05, 4.69) is 6.07 Å². The fourth-order valence-electron chi connectivity index (χ4n) is 2.76. The molecule has 3 aromatic rings. The number of carbonyl (C=O) groups is 1. The quantitative estimate of drug-likeness (QED) is 0.499. The highest BCUT2D eigenvalue weighted by atomic mass is 32.2. The third kappa shape index (κ3) is 2.56. The Bertz CT molecular complexity index is 1000. The molecule has 0 saturated carbocycles. The average molecular weight is 350 g/mol. The normalized spacial score (nSPS) is 16.5. The van der Waals surface area contributed by atoms with Crippen LogP contribution in [0.15, 0.2) is 65.7 Å². The highest BCUT2D eigenvalue weighted by molar-refractivity contribution is 8.27. The summed E-state index contributed by atoms with van der Waals surface area (Å²) < 4.78 is 2.54. The van der Waals surface area contributed by atoms with Gasteiger partial charge in [-0.2, -0.15) is 0 Å². The highest BCUT2D eigenvalue weighted by Crippen LogP contribution is 2.36. The summed E-state index contributed by atoms with van der Waals surface area (Å²) in [6, 6.07) is 18.0. The van der Waals surface area contributed by atoms with Crippen molar-refractivity contribution in [3.63, 3.8) is 0 Å². The van der Waals surface area contributed by atoms with Crippen molar-refractivity contribution < 1.29 is 4.79 Å². The Hall–Kier alpha value is -2.37. The maximum Gasteiger partial charge on any atom is 0.270 e. The van der Waals surface area contributed by atoms with Crippen LogP contribution in [0, 0.1) is 0 Å². The van der Waals surface area contributed by atoms with Gasteiger partial charge in [0, 0.05) is 18.9 Å². The summed E-state index contributed by atoms with van der Waals surface area (Å²) in [7, 11) is 1.95. The first-order chi connectivity index (χ1) is 11.6. The molecule has 0 atom stereocenters. The van der Waals surface area contributed by atoms with Gasteiger partial charge in [-0.15, -0.1) is 0 Å². The van der Waals surface area contributed by atoms with E-state index in [0.29, 0.717) is 9.23 Å². The van der Waals surface area contributed by atoms with Crippen molar-refractivity contribution in [1.29, 1.82) is 0 Å². The van der Waals surface area contributed by atoms with Crippen LogP contribution in [0.25, 0.3) is 16.8 Å². The van der Waals surface area contributed by atoms with Gasteiger partial charge in [0.05, 0.1) is 10.6 Å². The number of aryl methyl sites for hydroxylation is 1. The fraction of sp³-hybridized carbons (Fsp3) is 0.0526. The van der Waals surface area contributed by atoms with Gasteiger partial charge in [-0.05, 0) is 41.1 Å². The smallest absolute Gasteiger partial charge is 0.270 e. The number of amides is 1. The summed E-state index contributed by atoms with van der Waals surface area (Å²) in [6.07, 6.45) is 3.84. The van der Waals surface area contributed by atoms with Crippen molar-refractivity contribution in [2.24, 2.45) is 7.05 Å². The topological polar surface area (TPSA) is 25.2 Å². The zero-order valence-corrected chi connectivity index (χ0v) is 14.6. The second-order valence-corrected chi connectivity index (χ2v) is 7.27. The summed E-state index contributed by atoms with van der Waals surface area (Å²) in [5.74, 6) is -0.0681. The van der Waals surface area contributed by atoms with Gasteiger partial charge in [0.25, 0.3) is 5.91 Å². The molecule has 3 nitrogen and oxygen atoms in total. The predicted octanol–water partition coefficient (Wildman–Crippen LogP) is 4.58. The highest BCUT2D eigenvalue weighted by Gasteiger charge is 2.33. The van der Waals surface area contributed by atoms with Crippen LogP contribution in [0.5, 0.6) is 0 Å². The number of rotatable bonds is 2. The maximum atomic E-state index is 12.8. The van der Waals surface area contributed by atoms with E-state index in [1.807, 2.05) is 72.4 Å². The number of benzene rings is 2. The van der Waals surface area contributed by atoms with Crippen LogP contribution in [0.3, 0.4) is 0 Å². The van der Waals surface area contributed by atoms with Crippen molar-refractivity contribution >= 4 is 56.7 Å². The third-order valence-electron chi connectivity index (χ3n) is 4.05. The van der Waals surface area contributed by atoms with E-state index in [1.165, 1.54) is 11.8 Å². The lowest BCUT2D eigenvalue weighted by Crippen LogP contribution is -2.27. The number of hydrogen-bond acceptors (Lipinski definition) is 3. The molecule has 0 aliphatic carbocycles. The van der Waals surface area contributed by atoms with Gasteiger partial charge in [0.15, 0.2) is 4.32 Å². The molecule has 1 aliphatic rings. The van der Waals surface area contributed by atoms with Crippen LogP contribution < -0.4 is 4.90 Å². The minimum Gasteiger partial charge on any atom is -0.351 e. The molecule has 5 heteroatoms. The molecule has 0 radical (unpaired) electrons. The number of carbonyl (C=O) groups excluding carboxylic acids is 1. The molecule has 1 saturated heterocycles. The van der Waals surface area contributed by atoms with Gasteiger partial charge >= 0.3 is 0 Å². The minimum atomic E-state index is -0.0681. The molecule has 1 amide bonds. The zero-order chi connectivity index (χ0) is 16.7. The summed E-state index contributed by atoms with van der Waals surface area (Å²) >= 11 is 6.79. The molecule has 0 N–H and O–H groups in total. The first-order valence-corrected chi connectivity index (χ1v) is 8.74. The first-order valence-electron chi connectivity index (χ1n) is 7.51. The second kappa shape index (κ2) is 5.92. The van der Waals surface area contributed by atoms with Crippen molar-refractivity contribution in [3.05, 3.63) is 71.4 Å². The lowest BCUT2D eigenvalue weighted by atomic mass is 10.1. The van der Waals surface area contributed by atoms with Crippen molar-refractivity contribution in [1.82, 2.24) is 4.57 Å². The Morgan fingerprint density at radius 3 is 2.58 bits per heavy atom. The largest absolute Gasteiger partial charge is 0.351 e. The van der Waals surface area contributed by atoms with Crippen LogP contribution in [0.4, 0.5) is 5.69 Å². The van der Waals surface area contributed by atoms with Crippen LogP contribution in [0.1, 0.15) is 5.69 Å². The molecule has 1 aliphatic heterocycles. The molecule has 1 aromatic heterocycles. The van der Waals surface area contributed by atoms with Crippen molar-refractivity contribution in [3.8, 4) is 0 Å².